The van der Waals surface area contributed by atoms with E-state index in [1.54, 1.807) is 34.5 Å². The molecule has 0 spiro atoms. The zero-order chi connectivity index (χ0) is 19.3. The minimum absolute atomic E-state index is 0.0797. The summed E-state index contributed by atoms with van der Waals surface area (Å²) in [6.07, 6.45) is -0.0984. The summed E-state index contributed by atoms with van der Waals surface area (Å²) < 4.78 is 7.04. The molecule has 3 heterocycles. The first-order valence-corrected chi connectivity index (χ1v) is 10.8. The molecule has 2 unspecified atom stereocenters. The topological polar surface area (TPSA) is 41.9 Å². The Morgan fingerprint density at radius 3 is 2.79 bits per heavy atom. The molecule has 0 fully saturated rings. The largest absolute Gasteiger partial charge is 0.461 e. The third-order valence-electron chi connectivity index (χ3n) is 4.91. The van der Waals surface area contributed by atoms with Crippen LogP contribution in [0.4, 0.5) is 0 Å². The molecule has 0 saturated carbocycles. The second kappa shape index (κ2) is 7.03. The van der Waals surface area contributed by atoms with E-state index in [9.17, 15) is 4.79 Å². The van der Waals surface area contributed by atoms with Gasteiger partial charge in [-0.2, -0.15) is 5.10 Å². The lowest BCUT2D eigenvalue weighted by Gasteiger charge is -2.37. The average Bonchev–Trinajstić information content (AvgIpc) is 3.37. The number of thiophene rings is 1. The molecule has 2 aliphatic heterocycles. The Morgan fingerprint density at radius 1 is 1.21 bits per heavy atom. The van der Waals surface area contributed by atoms with Gasteiger partial charge < -0.3 is 4.74 Å². The van der Waals surface area contributed by atoms with Gasteiger partial charge in [0, 0.05) is 27.0 Å². The number of fused-ring (bicyclic) bond motifs is 3. The number of ether oxygens (including phenoxy) is 1. The molecule has 5 rings (SSSR count). The molecule has 0 saturated heterocycles. The number of carbonyl (C=O) groups excluding carboxylic acids is 1. The van der Waals surface area contributed by atoms with Gasteiger partial charge in [0.15, 0.2) is 0 Å². The SMILES string of the molecule is O=C(c1ccc(Br)cc1)C1Oc2ccc(Cl)cc2C2CC(c3cccs3)=NN12. The van der Waals surface area contributed by atoms with Gasteiger partial charge in [0.1, 0.15) is 5.75 Å². The van der Waals surface area contributed by atoms with Crippen LogP contribution in [0.3, 0.4) is 0 Å². The molecule has 2 aliphatic rings. The summed E-state index contributed by atoms with van der Waals surface area (Å²) in [5, 5.41) is 9.25. The van der Waals surface area contributed by atoms with Crippen molar-refractivity contribution in [2.45, 2.75) is 18.7 Å². The first kappa shape index (κ1) is 17.9. The molecular weight excluding hydrogens is 460 g/mol. The van der Waals surface area contributed by atoms with Crippen molar-refractivity contribution in [1.29, 1.82) is 0 Å². The van der Waals surface area contributed by atoms with Crippen molar-refractivity contribution < 1.29 is 9.53 Å². The summed E-state index contributed by atoms with van der Waals surface area (Å²) in [5.74, 6) is 0.568. The van der Waals surface area contributed by atoms with E-state index >= 15 is 0 Å². The van der Waals surface area contributed by atoms with E-state index in [1.165, 1.54) is 0 Å². The zero-order valence-corrected chi connectivity index (χ0v) is 17.7. The number of benzene rings is 2. The predicted octanol–water partition coefficient (Wildman–Crippen LogP) is 5.92. The molecule has 2 atom stereocenters. The van der Waals surface area contributed by atoms with Gasteiger partial charge in [0.25, 0.3) is 6.23 Å². The van der Waals surface area contributed by atoms with E-state index in [4.69, 9.17) is 21.4 Å². The van der Waals surface area contributed by atoms with Crippen LogP contribution in [-0.2, 0) is 0 Å². The van der Waals surface area contributed by atoms with Crippen LogP contribution >= 0.6 is 38.9 Å². The number of hydrazone groups is 1. The van der Waals surface area contributed by atoms with Crippen LogP contribution in [0.15, 0.2) is 69.6 Å². The van der Waals surface area contributed by atoms with Gasteiger partial charge >= 0.3 is 0 Å². The van der Waals surface area contributed by atoms with Crippen molar-refractivity contribution in [3.63, 3.8) is 0 Å². The number of carbonyl (C=O) groups is 1. The van der Waals surface area contributed by atoms with Crippen molar-refractivity contribution >= 4 is 50.4 Å². The first-order chi connectivity index (χ1) is 13.6. The molecule has 1 aromatic heterocycles. The van der Waals surface area contributed by atoms with E-state index in [-0.39, 0.29) is 11.8 Å². The summed E-state index contributed by atoms with van der Waals surface area (Å²) in [6, 6.07) is 16.8. The van der Waals surface area contributed by atoms with E-state index in [2.05, 4.69) is 15.9 Å². The van der Waals surface area contributed by atoms with Gasteiger partial charge in [-0.1, -0.05) is 45.7 Å². The molecule has 0 radical (unpaired) electrons. The second-order valence-corrected chi connectivity index (χ2v) is 8.95. The molecule has 28 heavy (non-hydrogen) atoms. The quantitative estimate of drug-likeness (QED) is 0.444. The maximum atomic E-state index is 13.2. The maximum absolute atomic E-state index is 13.2. The number of nitrogens with zero attached hydrogens (tertiary/aromatic N) is 2. The van der Waals surface area contributed by atoms with Crippen LogP contribution in [0.25, 0.3) is 0 Å². The number of halogens is 2. The van der Waals surface area contributed by atoms with E-state index in [0.29, 0.717) is 22.8 Å². The molecule has 4 nitrogen and oxygen atoms in total. The zero-order valence-electron chi connectivity index (χ0n) is 14.5. The summed E-state index contributed by atoms with van der Waals surface area (Å²) >= 11 is 11.3. The minimum Gasteiger partial charge on any atom is -0.461 e. The molecule has 0 aliphatic carbocycles. The van der Waals surface area contributed by atoms with Crippen molar-refractivity contribution in [3.8, 4) is 5.75 Å². The minimum atomic E-state index is -0.808. The van der Waals surface area contributed by atoms with Crippen molar-refractivity contribution in [3.05, 3.63) is 85.5 Å². The van der Waals surface area contributed by atoms with Gasteiger partial charge in [0.05, 0.1) is 16.6 Å². The number of rotatable bonds is 3. The third kappa shape index (κ3) is 3.05. The van der Waals surface area contributed by atoms with Crippen LogP contribution < -0.4 is 4.74 Å². The van der Waals surface area contributed by atoms with Crippen LogP contribution in [-0.4, -0.2) is 22.7 Å². The smallest absolute Gasteiger partial charge is 0.251 e. The van der Waals surface area contributed by atoms with E-state index < -0.39 is 6.23 Å². The van der Waals surface area contributed by atoms with E-state index in [0.717, 1.165) is 20.6 Å². The standard InChI is InChI=1S/C21H14BrClN2O2S/c22-13-5-3-12(4-6-13)20(26)21-25-17(11-16(24-25)19-2-1-9-28-19)15-10-14(23)7-8-18(15)27-21/h1-10,17,21H,11H2. The fourth-order valence-electron chi connectivity index (χ4n) is 3.58. The monoisotopic (exact) mass is 472 g/mol. The summed E-state index contributed by atoms with van der Waals surface area (Å²) in [7, 11) is 0. The third-order valence-corrected chi connectivity index (χ3v) is 6.59. The van der Waals surface area contributed by atoms with Crippen LogP contribution in [0.2, 0.25) is 5.02 Å². The second-order valence-electron chi connectivity index (χ2n) is 6.65. The molecule has 3 aromatic rings. The Hall–Kier alpha value is -2.15. The van der Waals surface area contributed by atoms with Gasteiger partial charge in [-0.3, -0.25) is 4.79 Å². The molecule has 2 aromatic carbocycles. The molecular formula is C21H14BrClN2O2S. The maximum Gasteiger partial charge on any atom is 0.251 e. The number of hydrogen-bond donors (Lipinski definition) is 0. The normalized spacial score (nSPS) is 20.2. The van der Waals surface area contributed by atoms with Gasteiger partial charge in [0.2, 0.25) is 5.78 Å². The first-order valence-electron chi connectivity index (χ1n) is 8.76. The lowest BCUT2D eigenvalue weighted by atomic mass is 9.97. The Kier molecular flexibility index (Phi) is 4.50. The highest BCUT2D eigenvalue weighted by molar-refractivity contribution is 9.10. The highest BCUT2D eigenvalue weighted by atomic mass is 79.9. The van der Waals surface area contributed by atoms with Crippen molar-refractivity contribution in [2.24, 2.45) is 5.10 Å². The van der Waals surface area contributed by atoms with Crippen LogP contribution in [0, 0.1) is 0 Å². The molecule has 140 valence electrons. The van der Waals surface area contributed by atoms with Gasteiger partial charge in [-0.15, -0.1) is 11.3 Å². The van der Waals surface area contributed by atoms with E-state index in [1.807, 2.05) is 41.8 Å². The predicted molar refractivity (Wildman–Crippen MR) is 114 cm³/mol. The Labute approximate surface area is 179 Å². The van der Waals surface area contributed by atoms with Gasteiger partial charge in [-0.05, 0) is 41.8 Å². The number of hydrogen-bond acceptors (Lipinski definition) is 5. The molecule has 0 N–H and O–H groups in total. The average molecular weight is 474 g/mol. The Morgan fingerprint density at radius 2 is 2.04 bits per heavy atom. The highest BCUT2D eigenvalue weighted by Gasteiger charge is 2.43. The van der Waals surface area contributed by atoms with Crippen molar-refractivity contribution in [2.75, 3.05) is 0 Å². The summed E-state index contributed by atoms with van der Waals surface area (Å²) in [5.41, 5.74) is 2.51. The fourth-order valence-corrected chi connectivity index (χ4v) is 4.75. The lowest BCUT2D eigenvalue weighted by molar-refractivity contribution is -0.00455. The molecule has 0 amide bonds. The number of Topliss-reactive ketones (excluding diaryl/α,β-unsaturated/α-hetero) is 1. The van der Waals surface area contributed by atoms with Gasteiger partial charge in [-0.25, -0.2) is 5.01 Å². The Bertz CT molecular complexity index is 1080. The highest BCUT2D eigenvalue weighted by Crippen LogP contribution is 2.44. The summed E-state index contributed by atoms with van der Waals surface area (Å²) in [4.78, 5) is 14.4. The number of ketones is 1. The summed E-state index contributed by atoms with van der Waals surface area (Å²) in [6.45, 7) is 0. The van der Waals surface area contributed by atoms with Crippen LogP contribution in [0.5, 0.6) is 5.75 Å². The Balaban J connectivity index is 1.57. The lowest BCUT2D eigenvalue weighted by Crippen LogP contribution is -2.45. The van der Waals surface area contributed by atoms with Crippen molar-refractivity contribution in [1.82, 2.24) is 5.01 Å². The van der Waals surface area contributed by atoms with Crippen LogP contribution in [0.1, 0.15) is 33.3 Å². The molecule has 7 heteroatoms. The fraction of sp³-hybridized carbons (Fsp3) is 0.143. The molecule has 0 bridgehead atoms.